The van der Waals surface area contributed by atoms with Crippen molar-refractivity contribution in [2.45, 2.75) is 39.7 Å². The third kappa shape index (κ3) is 4.53. The van der Waals surface area contributed by atoms with Gasteiger partial charge in [0.25, 0.3) is 0 Å². The number of aryl methyl sites for hydroxylation is 1. The second-order valence-electron chi connectivity index (χ2n) is 5.40. The summed E-state index contributed by atoms with van der Waals surface area (Å²) in [6, 6.07) is 2.37. The second-order valence-corrected chi connectivity index (χ2v) is 5.40. The summed E-state index contributed by atoms with van der Waals surface area (Å²) >= 11 is 0. The van der Waals surface area contributed by atoms with Crippen LogP contribution in [0, 0.1) is 11.6 Å². The van der Waals surface area contributed by atoms with Crippen LogP contribution in [0.15, 0.2) is 18.3 Å². The van der Waals surface area contributed by atoms with Crippen LogP contribution < -0.4 is 15.8 Å². The van der Waals surface area contributed by atoms with Crippen LogP contribution in [-0.4, -0.2) is 16.5 Å². The first kappa shape index (κ1) is 17.9. The maximum absolute atomic E-state index is 13.5. The van der Waals surface area contributed by atoms with E-state index in [0.717, 1.165) is 25.5 Å². The summed E-state index contributed by atoms with van der Waals surface area (Å²) in [5, 5.41) is 3.15. The fourth-order valence-corrected chi connectivity index (χ4v) is 2.25. The van der Waals surface area contributed by atoms with Crippen molar-refractivity contribution in [3.63, 3.8) is 0 Å². The fraction of sp³-hybridized carbons (Fsp3) is 0.412. The maximum atomic E-state index is 13.5. The lowest BCUT2D eigenvalue weighted by molar-refractivity contribution is 0.303. The number of aromatic nitrogens is 2. The summed E-state index contributed by atoms with van der Waals surface area (Å²) in [6.45, 7) is 4.79. The summed E-state index contributed by atoms with van der Waals surface area (Å²) in [7, 11) is 0. The summed E-state index contributed by atoms with van der Waals surface area (Å²) in [4.78, 5) is 8.05. The highest BCUT2D eigenvalue weighted by atomic mass is 19.2. The van der Waals surface area contributed by atoms with E-state index in [-0.39, 0.29) is 12.6 Å². The number of ether oxygens (including phenoxy) is 1. The van der Waals surface area contributed by atoms with Crippen LogP contribution in [0.5, 0.6) is 5.75 Å². The predicted molar refractivity (Wildman–Crippen MR) is 89.9 cm³/mol. The number of nitrogens with zero attached hydrogens (tertiary/aromatic N) is 2. The first-order chi connectivity index (χ1) is 11.5. The molecule has 1 aromatic heterocycles. The van der Waals surface area contributed by atoms with Gasteiger partial charge < -0.3 is 15.8 Å². The molecule has 2 aromatic rings. The van der Waals surface area contributed by atoms with E-state index in [1.54, 1.807) is 0 Å². The summed E-state index contributed by atoms with van der Waals surface area (Å²) in [5.41, 5.74) is 6.90. The highest BCUT2D eigenvalue weighted by Gasteiger charge is 2.12. The number of unbranched alkanes of at least 4 members (excludes halogenated alkanes) is 1. The molecule has 0 spiro atoms. The van der Waals surface area contributed by atoms with Crippen molar-refractivity contribution in [3.05, 3.63) is 41.1 Å². The molecule has 1 heterocycles. The molecule has 2 rings (SSSR count). The Morgan fingerprint density at radius 3 is 2.54 bits per heavy atom. The van der Waals surface area contributed by atoms with Gasteiger partial charge in [-0.1, -0.05) is 20.3 Å². The predicted octanol–water partition coefficient (Wildman–Crippen LogP) is 3.69. The molecule has 0 aliphatic carbocycles. The molecule has 0 amide bonds. The molecule has 0 saturated heterocycles. The van der Waals surface area contributed by atoms with Gasteiger partial charge in [-0.3, -0.25) is 0 Å². The smallest absolute Gasteiger partial charge is 0.222 e. The Kier molecular flexibility index (Phi) is 6.28. The van der Waals surface area contributed by atoms with E-state index >= 15 is 0 Å². The first-order valence-corrected chi connectivity index (χ1v) is 8.01. The zero-order valence-electron chi connectivity index (χ0n) is 13.9. The summed E-state index contributed by atoms with van der Waals surface area (Å²) < 4.78 is 32.5. The van der Waals surface area contributed by atoms with Crippen molar-refractivity contribution < 1.29 is 13.5 Å². The maximum Gasteiger partial charge on any atom is 0.222 e. The molecule has 0 radical (unpaired) electrons. The fourth-order valence-electron chi connectivity index (χ4n) is 2.25. The Labute approximate surface area is 140 Å². The molecule has 0 bridgehead atoms. The molecule has 24 heavy (non-hydrogen) atoms. The lowest BCUT2D eigenvalue weighted by atomic mass is 10.1. The number of anilines is 2. The van der Waals surface area contributed by atoms with Crippen LogP contribution in [-0.2, 0) is 13.0 Å². The molecule has 130 valence electrons. The Hall–Kier alpha value is -2.44. The average Bonchev–Trinajstić information content (AvgIpc) is 2.57. The van der Waals surface area contributed by atoms with E-state index in [1.165, 1.54) is 12.3 Å². The minimum Gasteiger partial charge on any atom is -0.483 e. The molecule has 0 fully saturated rings. The zero-order chi connectivity index (χ0) is 17.5. The normalized spacial score (nSPS) is 10.7. The Balaban J connectivity index is 2.15. The Morgan fingerprint density at radius 1 is 1.17 bits per heavy atom. The number of hydrogen-bond acceptors (Lipinski definition) is 5. The standard InChI is InChI=1S/C17H22F2N4O/c1-3-5-6-21-16-15(9-22-17(20)23-16)24-10-12-8-14(19)13(18)7-11(12)4-2/h7-9H,3-6,10H2,1-2H3,(H3,20,21,22,23). The lowest BCUT2D eigenvalue weighted by Crippen LogP contribution is -2.09. The number of rotatable bonds is 8. The van der Waals surface area contributed by atoms with Crippen LogP contribution in [0.25, 0.3) is 0 Å². The lowest BCUT2D eigenvalue weighted by Gasteiger charge is -2.14. The molecule has 0 atom stereocenters. The van der Waals surface area contributed by atoms with Crippen LogP contribution in [0.3, 0.4) is 0 Å². The SMILES string of the molecule is CCCCNc1nc(N)ncc1OCc1cc(F)c(F)cc1CC. The molecule has 3 N–H and O–H groups in total. The summed E-state index contributed by atoms with van der Waals surface area (Å²) in [6.07, 6.45) is 4.07. The largest absolute Gasteiger partial charge is 0.483 e. The second kappa shape index (κ2) is 8.42. The monoisotopic (exact) mass is 336 g/mol. The van der Waals surface area contributed by atoms with Crippen molar-refractivity contribution in [3.8, 4) is 5.75 Å². The van der Waals surface area contributed by atoms with Gasteiger partial charge in [0.1, 0.15) is 6.61 Å². The van der Waals surface area contributed by atoms with Crippen molar-refractivity contribution in [1.29, 1.82) is 0 Å². The highest BCUT2D eigenvalue weighted by molar-refractivity contribution is 5.51. The molecule has 0 unspecified atom stereocenters. The zero-order valence-corrected chi connectivity index (χ0v) is 13.9. The molecule has 1 aromatic carbocycles. The van der Waals surface area contributed by atoms with Gasteiger partial charge in [0.15, 0.2) is 23.2 Å². The Bertz CT molecular complexity index is 695. The third-order valence-electron chi connectivity index (χ3n) is 3.60. The van der Waals surface area contributed by atoms with Gasteiger partial charge in [-0.25, -0.2) is 13.8 Å². The van der Waals surface area contributed by atoms with Gasteiger partial charge in [-0.2, -0.15) is 4.98 Å². The van der Waals surface area contributed by atoms with E-state index in [2.05, 4.69) is 22.2 Å². The number of halogens is 2. The van der Waals surface area contributed by atoms with Crippen molar-refractivity contribution in [2.24, 2.45) is 0 Å². The molecule has 5 nitrogen and oxygen atoms in total. The quantitative estimate of drug-likeness (QED) is 0.719. The minimum atomic E-state index is -0.888. The Morgan fingerprint density at radius 2 is 1.88 bits per heavy atom. The topological polar surface area (TPSA) is 73.1 Å². The first-order valence-electron chi connectivity index (χ1n) is 8.01. The third-order valence-corrected chi connectivity index (χ3v) is 3.60. The van der Waals surface area contributed by atoms with Gasteiger partial charge in [0, 0.05) is 6.54 Å². The highest BCUT2D eigenvalue weighted by Crippen LogP contribution is 2.24. The molecule has 0 aliphatic heterocycles. The van der Waals surface area contributed by atoms with Gasteiger partial charge in [-0.05, 0) is 36.1 Å². The molecular weight excluding hydrogens is 314 g/mol. The van der Waals surface area contributed by atoms with Gasteiger partial charge in [0.2, 0.25) is 5.95 Å². The molecule has 0 aliphatic rings. The van der Waals surface area contributed by atoms with Crippen LogP contribution >= 0.6 is 0 Å². The average molecular weight is 336 g/mol. The van der Waals surface area contributed by atoms with E-state index in [1.807, 2.05) is 6.92 Å². The number of hydrogen-bond donors (Lipinski definition) is 2. The van der Waals surface area contributed by atoms with Crippen molar-refractivity contribution >= 4 is 11.8 Å². The number of nitrogen functional groups attached to an aromatic ring is 1. The van der Waals surface area contributed by atoms with E-state index < -0.39 is 11.6 Å². The van der Waals surface area contributed by atoms with Gasteiger partial charge in [0.05, 0.1) is 6.20 Å². The van der Waals surface area contributed by atoms with Gasteiger partial charge >= 0.3 is 0 Å². The van der Waals surface area contributed by atoms with Crippen LogP contribution in [0.4, 0.5) is 20.5 Å². The van der Waals surface area contributed by atoms with E-state index in [9.17, 15) is 8.78 Å². The minimum absolute atomic E-state index is 0.0934. The molecule has 0 saturated carbocycles. The van der Waals surface area contributed by atoms with Crippen LogP contribution in [0.1, 0.15) is 37.8 Å². The molecule has 7 heteroatoms. The summed E-state index contributed by atoms with van der Waals surface area (Å²) in [5.74, 6) is -0.680. The van der Waals surface area contributed by atoms with Crippen LogP contribution in [0.2, 0.25) is 0 Å². The van der Waals surface area contributed by atoms with Crippen molar-refractivity contribution in [2.75, 3.05) is 17.6 Å². The van der Waals surface area contributed by atoms with Crippen molar-refractivity contribution in [1.82, 2.24) is 9.97 Å². The number of nitrogens with two attached hydrogens (primary N) is 1. The van der Waals surface area contributed by atoms with E-state index in [0.29, 0.717) is 29.1 Å². The van der Waals surface area contributed by atoms with Gasteiger partial charge in [-0.15, -0.1) is 0 Å². The number of benzene rings is 1. The van der Waals surface area contributed by atoms with E-state index in [4.69, 9.17) is 10.5 Å². The number of nitrogens with one attached hydrogen (secondary N) is 1. The molecular formula is C17H22F2N4O.